The van der Waals surface area contributed by atoms with E-state index >= 15 is 0 Å². The molecule has 1 N–H and O–H groups in total. The van der Waals surface area contributed by atoms with E-state index in [-0.39, 0.29) is 5.76 Å². The van der Waals surface area contributed by atoms with Crippen molar-refractivity contribution in [2.45, 2.75) is 12.8 Å². The Morgan fingerprint density at radius 1 is 1.83 bits per heavy atom. The van der Waals surface area contributed by atoms with Crippen molar-refractivity contribution in [1.82, 2.24) is 0 Å². The van der Waals surface area contributed by atoms with E-state index in [4.69, 9.17) is 5.11 Å². The summed E-state index contributed by atoms with van der Waals surface area (Å²) in [5, 5.41) is 8.32. The molecular weight excluding hydrogens is 76.1 g/mol. The van der Waals surface area contributed by atoms with Crippen LogP contribution in [-0.2, 0) is 0 Å². The molecule has 0 aromatic heterocycles. The van der Waals surface area contributed by atoms with Crippen LogP contribution in [0.2, 0.25) is 0 Å². The van der Waals surface area contributed by atoms with Crippen molar-refractivity contribution in [2.24, 2.45) is 0 Å². The molecule has 0 heterocycles. The van der Waals surface area contributed by atoms with E-state index in [1.165, 1.54) is 0 Å². The Morgan fingerprint density at radius 2 is 2.33 bits per heavy atom. The van der Waals surface area contributed by atoms with Gasteiger partial charge in [0.15, 0.2) is 0 Å². The van der Waals surface area contributed by atoms with Crippen molar-refractivity contribution < 1.29 is 5.11 Å². The summed E-state index contributed by atoms with van der Waals surface area (Å²) in [4.78, 5) is 0. The quantitative estimate of drug-likeness (QED) is 0.399. The molecular formula is C5H9O+. The standard InChI is InChI=1S/C5H8O/c1-3-4-5(2)6/h1-4H2/p+1. The number of hydrogen-bond donors (Lipinski definition) is 1. The van der Waals surface area contributed by atoms with Crippen LogP contribution >= 0.6 is 0 Å². The Bertz CT molecular complexity index is 47.9. The van der Waals surface area contributed by atoms with Gasteiger partial charge in [-0.25, -0.2) is 0 Å². The average Bonchev–Trinajstić information content (AvgIpc) is 1.35. The molecule has 34 valence electrons. The molecule has 0 aromatic rings. The first kappa shape index (κ1) is 5.41. The van der Waals surface area contributed by atoms with Crippen LogP contribution in [0.25, 0.3) is 0 Å². The summed E-state index contributed by atoms with van der Waals surface area (Å²) in [6.07, 6.45) is 1.36. The van der Waals surface area contributed by atoms with Crippen molar-refractivity contribution in [3.8, 4) is 0 Å². The first-order valence-corrected chi connectivity index (χ1v) is 1.93. The summed E-state index contributed by atoms with van der Waals surface area (Å²) in [5.41, 5.74) is 0. The predicted octanol–water partition coefficient (Wildman–Crippen LogP) is 1.67. The first-order valence-electron chi connectivity index (χ1n) is 1.93. The van der Waals surface area contributed by atoms with Gasteiger partial charge in [0.2, 0.25) is 0 Å². The molecule has 0 saturated carbocycles. The lowest BCUT2D eigenvalue weighted by Crippen LogP contribution is -1.72. The minimum absolute atomic E-state index is 0.227. The largest absolute Gasteiger partial charge is 0.513 e. The molecule has 0 unspecified atom stereocenters. The minimum Gasteiger partial charge on any atom is -0.513 e. The van der Waals surface area contributed by atoms with Crippen LogP contribution in [0.4, 0.5) is 0 Å². The second-order valence-corrected chi connectivity index (χ2v) is 1.17. The van der Waals surface area contributed by atoms with Gasteiger partial charge >= 0.3 is 0 Å². The van der Waals surface area contributed by atoms with E-state index in [0.29, 0.717) is 6.42 Å². The van der Waals surface area contributed by atoms with E-state index in [1.807, 2.05) is 0 Å². The van der Waals surface area contributed by atoms with E-state index in [0.717, 1.165) is 6.42 Å². The molecule has 0 aliphatic heterocycles. The van der Waals surface area contributed by atoms with Crippen LogP contribution in [-0.4, -0.2) is 5.11 Å². The Kier molecular flexibility index (Phi) is 2.38. The zero-order valence-corrected chi connectivity index (χ0v) is 3.78. The van der Waals surface area contributed by atoms with Crippen molar-refractivity contribution in [3.05, 3.63) is 19.3 Å². The maximum Gasteiger partial charge on any atom is 0.0920 e. The van der Waals surface area contributed by atoms with Crippen molar-refractivity contribution in [2.75, 3.05) is 0 Å². The molecule has 0 atom stereocenters. The summed E-state index contributed by atoms with van der Waals surface area (Å²) in [7, 11) is 0. The number of aliphatic hydroxyl groups is 1. The highest BCUT2D eigenvalue weighted by atomic mass is 16.3. The summed E-state index contributed by atoms with van der Waals surface area (Å²) < 4.78 is 0. The predicted molar refractivity (Wildman–Crippen MR) is 26.4 cm³/mol. The molecule has 1 nitrogen and oxygen atoms in total. The van der Waals surface area contributed by atoms with Gasteiger partial charge < -0.3 is 5.11 Å². The average molecular weight is 85.1 g/mol. The zero-order chi connectivity index (χ0) is 4.99. The van der Waals surface area contributed by atoms with Gasteiger partial charge in [0.05, 0.1) is 19.1 Å². The molecule has 0 aliphatic carbocycles. The van der Waals surface area contributed by atoms with Gasteiger partial charge in [-0.3, -0.25) is 0 Å². The second kappa shape index (κ2) is 2.64. The third-order valence-corrected chi connectivity index (χ3v) is 0.465. The Morgan fingerprint density at radius 3 is 2.33 bits per heavy atom. The molecule has 0 rings (SSSR count). The van der Waals surface area contributed by atoms with Gasteiger partial charge in [-0.1, -0.05) is 6.58 Å². The van der Waals surface area contributed by atoms with E-state index in [9.17, 15) is 0 Å². The van der Waals surface area contributed by atoms with Gasteiger partial charge in [-0.15, -0.1) is 0 Å². The van der Waals surface area contributed by atoms with Crippen LogP contribution in [0.5, 0.6) is 0 Å². The number of aliphatic hydroxyl groups excluding tert-OH is 1. The fourth-order valence-electron chi connectivity index (χ4n) is 0.204. The molecule has 0 aromatic carbocycles. The molecule has 0 fully saturated rings. The second-order valence-electron chi connectivity index (χ2n) is 1.17. The summed E-state index contributed by atoms with van der Waals surface area (Å²) in [6, 6.07) is 0. The third-order valence-electron chi connectivity index (χ3n) is 0.465. The highest BCUT2D eigenvalue weighted by Crippen LogP contribution is 1.92. The molecule has 0 saturated heterocycles. The normalized spacial score (nSPS) is 8.00. The summed E-state index contributed by atoms with van der Waals surface area (Å²) in [5.74, 6) is 0.227. The van der Waals surface area contributed by atoms with Crippen LogP contribution in [0, 0.1) is 6.92 Å². The SMILES string of the molecule is C=C(O)CC[CH2+]. The lowest BCUT2D eigenvalue weighted by atomic mass is 10.3. The van der Waals surface area contributed by atoms with E-state index in [2.05, 4.69) is 13.5 Å². The summed E-state index contributed by atoms with van der Waals surface area (Å²) in [6.45, 7) is 6.77. The maximum atomic E-state index is 8.32. The van der Waals surface area contributed by atoms with Crippen molar-refractivity contribution >= 4 is 0 Å². The van der Waals surface area contributed by atoms with Gasteiger partial charge in [0.1, 0.15) is 0 Å². The fourth-order valence-corrected chi connectivity index (χ4v) is 0.204. The van der Waals surface area contributed by atoms with E-state index < -0.39 is 0 Å². The van der Waals surface area contributed by atoms with Crippen LogP contribution in [0.1, 0.15) is 12.8 Å². The highest BCUT2D eigenvalue weighted by Gasteiger charge is 1.84. The molecule has 0 spiro atoms. The number of rotatable bonds is 2. The molecule has 0 bridgehead atoms. The zero-order valence-electron chi connectivity index (χ0n) is 3.78. The number of allylic oxidation sites excluding steroid dienone is 1. The molecule has 0 radical (unpaired) electrons. The molecule has 6 heavy (non-hydrogen) atoms. The number of hydrogen-bond acceptors (Lipinski definition) is 1. The smallest absolute Gasteiger partial charge is 0.0920 e. The fraction of sp³-hybridized carbons (Fsp3) is 0.400. The van der Waals surface area contributed by atoms with Crippen LogP contribution in [0.3, 0.4) is 0 Å². The molecule has 0 aliphatic rings. The Hall–Kier alpha value is -0.590. The maximum absolute atomic E-state index is 8.32. The van der Waals surface area contributed by atoms with Crippen LogP contribution in [0.15, 0.2) is 12.3 Å². The monoisotopic (exact) mass is 85.1 g/mol. The van der Waals surface area contributed by atoms with Crippen molar-refractivity contribution in [3.63, 3.8) is 0 Å². The van der Waals surface area contributed by atoms with Gasteiger partial charge in [0.25, 0.3) is 0 Å². The Labute approximate surface area is 38.3 Å². The first-order chi connectivity index (χ1) is 2.77. The molecule has 1 heteroatoms. The van der Waals surface area contributed by atoms with Gasteiger partial charge in [0, 0.05) is 6.42 Å². The van der Waals surface area contributed by atoms with Gasteiger partial charge in [-0.2, -0.15) is 0 Å². The topological polar surface area (TPSA) is 20.2 Å². The lowest BCUT2D eigenvalue weighted by molar-refractivity contribution is 0.392. The lowest BCUT2D eigenvalue weighted by Gasteiger charge is -1.82. The highest BCUT2D eigenvalue weighted by molar-refractivity contribution is 4.77. The van der Waals surface area contributed by atoms with E-state index in [1.54, 1.807) is 0 Å². The summed E-state index contributed by atoms with van der Waals surface area (Å²) >= 11 is 0. The minimum atomic E-state index is 0.227. The van der Waals surface area contributed by atoms with Crippen LogP contribution < -0.4 is 0 Å². The molecule has 0 amide bonds. The van der Waals surface area contributed by atoms with Crippen molar-refractivity contribution in [1.29, 1.82) is 0 Å². The van der Waals surface area contributed by atoms with Gasteiger partial charge in [-0.05, 0) is 0 Å². The Balaban J connectivity index is 2.83. The third kappa shape index (κ3) is 3.41.